The van der Waals surface area contributed by atoms with Crippen molar-refractivity contribution in [3.63, 3.8) is 0 Å². The lowest BCUT2D eigenvalue weighted by Gasteiger charge is -2.36. The van der Waals surface area contributed by atoms with Crippen LogP contribution in [0.25, 0.3) is 10.8 Å². The highest BCUT2D eigenvalue weighted by molar-refractivity contribution is 7.93. The number of sulfone groups is 1. The van der Waals surface area contributed by atoms with Gasteiger partial charge >= 0.3 is 0 Å². The largest absolute Gasteiger partial charge is 0.389 e. The molecule has 2 aliphatic heterocycles. The molecule has 2 aliphatic rings. The van der Waals surface area contributed by atoms with Gasteiger partial charge < -0.3 is 5.11 Å². The minimum atomic E-state index is -2.99. The van der Waals surface area contributed by atoms with E-state index in [9.17, 15) is 13.5 Å². The van der Waals surface area contributed by atoms with Crippen LogP contribution in [-0.4, -0.2) is 29.6 Å². The third kappa shape index (κ3) is 2.25. The highest BCUT2D eigenvalue weighted by Crippen LogP contribution is 2.44. The molecule has 2 aromatic carbocycles. The average molecular weight is 316 g/mol. The third-order valence-electron chi connectivity index (χ3n) is 5.30. The maximum atomic E-state index is 12.2. The first-order chi connectivity index (χ1) is 10.5. The molecule has 2 saturated heterocycles. The van der Waals surface area contributed by atoms with Gasteiger partial charge in [-0.05, 0) is 42.0 Å². The van der Waals surface area contributed by atoms with Crippen molar-refractivity contribution in [2.24, 2.45) is 0 Å². The quantitative estimate of drug-likeness (QED) is 0.927. The van der Waals surface area contributed by atoms with Gasteiger partial charge in [-0.1, -0.05) is 42.5 Å². The van der Waals surface area contributed by atoms with Crippen LogP contribution in [0.3, 0.4) is 0 Å². The molecule has 116 valence electrons. The van der Waals surface area contributed by atoms with Crippen LogP contribution < -0.4 is 0 Å². The van der Waals surface area contributed by atoms with E-state index in [4.69, 9.17) is 0 Å². The SMILES string of the molecule is O=S1(=O)C2CCC1CC(O)(Cc1ccc3ccccc3c1)C2. The van der Waals surface area contributed by atoms with E-state index >= 15 is 0 Å². The van der Waals surface area contributed by atoms with Gasteiger partial charge in [0.1, 0.15) is 0 Å². The van der Waals surface area contributed by atoms with Crippen molar-refractivity contribution in [1.29, 1.82) is 0 Å². The zero-order valence-corrected chi connectivity index (χ0v) is 13.2. The summed E-state index contributed by atoms with van der Waals surface area (Å²) >= 11 is 0. The molecule has 4 heteroatoms. The summed E-state index contributed by atoms with van der Waals surface area (Å²) in [5, 5.41) is 12.6. The topological polar surface area (TPSA) is 54.4 Å². The lowest BCUT2D eigenvalue weighted by molar-refractivity contribution is 0.0219. The Bertz CT molecular complexity index is 805. The third-order valence-corrected chi connectivity index (χ3v) is 7.97. The van der Waals surface area contributed by atoms with Crippen molar-refractivity contribution in [3.05, 3.63) is 48.0 Å². The molecule has 0 saturated carbocycles. The zero-order chi connectivity index (χ0) is 15.4. The molecule has 0 radical (unpaired) electrons. The fraction of sp³-hybridized carbons (Fsp3) is 0.444. The van der Waals surface area contributed by atoms with Crippen molar-refractivity contribution < 1.29 is 13.5 Å². The molecule has 0 amide bonds. The molecular formula is C18H20O3S. The van der Waals surface area contributed by atoms with Crippen molar-refractivity contribution in [1.82, 2.24) is 0 Å². The van der Waals surface area contributed by atoms with E-state index in [1.54, 1.807) is 0 Å². The van der Waals surface area contributed by atoms with E-state index in [1.807, 2.05) is 18.2 Å². The second-order valence-corrected chi connectivity index (χ2v) is 9.41. The second kappa shape index (κ2) is 4.80. The monoisotopic (exact) mass is 316 g/mol. The van der Waals surface area contributed by atoms with Crippen LogP contribution in [0.2, 0.25) is 0 Å². The summed E-state index contributed by atoms with van der Waals surface area (Å²) in [5.74, 6) is 0. The molecule has 0 aromatic heterocycles. The fourth-order valence-corrected chi connectivity index (χ4v) is 6.77. The Hall–Kier alpha value is -1.39. The predicted octanol–water partition coefficient (Wildman–Crippen LogP) is 2.85. The molecular weight excluding hydrogens is 296 g/mol. The first-order valence-electron chi connectivity index (χ1n) is 7.89. The van der Waals surface area contributed by atoms with Gasteiger partial charge in [0.15, 0.2) is 9.84 Å². The lowest BCUT2D eigenvalue weighted by atomic mass is 9.86. The minimum absolute atomic E-state index is 0.336. The molecule has 4 rings (SSSR count). The Labute approximate surface area is 130 Å². The van der Waals surface area contributed by atoms with Crippen molar-refractivity contribution >= 4 is 20.6 Å². The Morgan fingerprint density at radius 3 is 2.32 bits per heavy atom. The Morgan fingerprint density at radius 1 is 1.00 bits per heavy atom. The summed E-state index contributed by atoms with van der Waals surface area (Å²) in [4.78, 5) is 0. The summed E-state index contributed by atoms with van der Waals surface area (Å²) in [6.45, 7) is 0. The van der Waals surface area contributed by atoms with Crippen molar-refractivity contribution in [3.8, 4) is 0 Å². The fourth-order valence-electron chi connectivity index (χ4n) is 4.21. The highest BCUT2D eigenvalue weighted by atomic mass is 32.2. The van der Waals surface area contributed by atoms with Crippen molar-refractivity contribution in [2.75, 3.05) is 0 Å². The summed E-state index contributed by atoms with van der Waals surface area (Å²) in [6, 6.07) is 14.4. The number of hydrogen-bond acceptors (Lipinski definition) is 3. The second-order valence-electron chi connectivity index (χ2n) is 6.90. The average Bonchev–Trinajstić information content (AvgIpc) is 2.65. The molecule has 2 bridgehead atoms. The Balaban J connectivity index is 1.62. The number of rotatable bonds is 2. The maximum absolute atomic E-state index is 12.2. The molecule has 0 aliphatic carbocycles. The van der Waals surface area contributed by atoms with E-state index in [1.165, 1.54) is 5.39 Å². The van der Waals surface area contributed by atoms with Crippen LogP contribution in [-0.2, 0) is 16.3 Å². The number of hydrogen-bond donors (Lipinski definition) is 1. The lowest BCUT2D eigenvalue weighted by Crippen LogP contribution is -2.46. The van der Waals surface area contributed by atoms with Gasteiger partial charge in [-0.15, -0.1) is 0 Å². The molecule has 2 aromatic rings. The normalized spacial score (nSPS) is 33.1. The summed E-state index contributed by atoms with van der Waals surface area (Å²) in [6.07, 6.45) is 2.75. The van der Waals surface area contributed by atoms with Crippen molar-refractivity contribution in [2.45, 2.75) is 48.2 Å². The Morgan fingerprint density at radius 2 is 1.64 bits per heavy atom. The van der Waals surface area contributed by atoms with Crippen LogP contribution >= 0.6 is 0 Å². The van der Waals surface area contributed by atoms with E-state index in [0.717, 1.165) is 10.9 Å². The summed E-state index contributed by atoms with van der Waals surface area (Å²) < 4.78 is 24.4. The maximum Gasteiger partial charge on any atom is 0.156 e. The molecule has 2 heterocycles. The molecule has 22 heavy (non-hydrogen) atoms. The molecule has 3 nitrogen and oxygen atoms in total. The van der Waals surface area contributed by atoms with Gasteiger partial charge in [0.05, 0.1) is 16.1 Å². The van der Waals surface area contributed by atoms with Crippen LogP contribution in [0.4, 0.5) is 0 Å². The van der Waals surface area contributed by atoms with E-state index in [2.05, 4.69) is 24.3 Å². The van der Waals surface area contributed by atoms with E-state index in [0.29, 0.717) is 32.1 Å². The van der Waals surface area contributed by atoms with Gasteiger partial charge in [0, 0.05) is 6.42 Å². The van der Waals surface area contributed by atoms with Gasteiger partial charge in [0.25, 0.3) is 0 Å². The van der Waals surface area contributed by atoms with Gasteiger partial charge in [-0.25, -0.2) is 8.42 Å². The van der Waals surface area contributed by atoms with E-state index < -0.39 is 15.4 Å². The number of aliphatic hydroxyl groups is 1. The number of benzene rings is 2. The molecule has 2 atom stereocenters. The van der Waals surface area contributed by atoms with Gasteiger partial charge in [-0.2, -0.15) is 0 Å². The predicted molar refractivity (Wildman–Crippen MR) is 87.6 cm³/mol. The minimum Gasteiger partial charge on any atom is -0.389 e. The standard InChI is InChI=1S/C18H20O3S/c19-18(11-16-7-8-17(12-18)22(16,20)21)10-13-5-6-14-3-1-2-4-15(14)9-13/h1-6,9,16-17,19H,7-8,10-12H2. The number of fused-ring (bicyclic) bond motifs is 3. The Kier molecular flexibility index (Phi) is 3.10. The summed E-state index contributed by atoms with van der Waals surface area (Å²) in [5.41, 5.74) is 0.208. The smallest absolute Gasteiger partial charge is 0.156 e. The molecule has 2 unspecified atom stereocenters. The first kappa shape index (κ1) is 14.2. The van der Waals surface area contributed by atoms with E-state index in [-0.39, 0.29) is 10.5 Å². The van der Waals surface area contributed by atoms with Crippen LogP contribution in [0.5, 0.6) is 0 Å². The molecule has 1 N–H and O–H groups in total. The molecule has 2 fully saturated rings. The van der Waals surface area contributed by atoms with Crippen LogP contribution in [0.15, 0.2) is 42.5 Å². The highest BCUT2D eigenvalue weighted by Gasteiger charge is 2.52. The first-order valence-corrected chi connectivity index (χ1v) is 9.50. The zero-order valence-electron chi connectivity index (χ0n) is 12.4. The summed E-state index contributed by atoms with van der Waals surface area (Å²) in [7, 11) is -2.99. The van der Waals surface area contributed by atoms with Gasteiger partial charge in [-0.3, -0.25) is 0 Å². The molecule has 0 spiro atoms. The van der Waals surface area contributed by atoms with Crippen LogP contribution in [0.1, 0.15) is 31.2 Å². The van der Waals surface area contributed by atoms with Gasteiger partial charge in [0.2, 0.25) is 0 Å². The van der Waals surface area contributed by atoms with Crippen LogP contribution in [0, 0.1) is 0 Å².